The molecule has 1 fully saturated rings. The number of Topliss-reactive ketones (excluding diaryl/α,β-unsaturated/α-hetero) is 1. The largest absolute Gasteiger partial charge is 0.507 e. The second kappa shape index (κ2) is 8.07. The van der Waals surface area contributed by atoms with Gasteiger partial charge < -0.3 is 9.84 Å². The van der Waals surface area contributed by atoms with Gasteiger partial charge in [-0.05, 0) is 48.9 Å². The van der Waals surface area contributed by atoms with Crippen molar-refractivity contribution < 1.29 is 23.8 Å². The van der Waals surface area contributed by atoms with Crippen LogP contribution in [0.4, 0.5) is 10.1 Å². The van der Waals surface area contributed by atoms with Crippen LogP contribution < -0.4 is 9.64 Å². The molecule has 6 heteroatoms. The molecular formula is C25H20FNO4. The van der Waals surface area contributed by atoms with Crippen LogP contribution in [0.25, 0.3) is 5.76 Å². The first-order chi connectivity index (χ1) is 14.9. The average Bonchev–Trinajstić information content (AvgIpc) is 3.05. The SMILES string of the molecule is COc1ccccc1/C(O)=C1/C(=O)C(=O)N(c2ccc(C)cc2)C1c1ccc(F)cc1. The van der Waals surface area contributed by atoms with E-state index in [4.69, 9.17) is 4.74 Å². The predicted octanol–water partition coefficient (Wildman–Crippen LogP) is 4.77. The number of amides is 1. The van der Waals surface area contributed by atoms with E-state index in [2.05, 4.69) is 0 Å². The fraction of sp³-hybridized carbons (Fsp3) is 0.120. The fourth-order valence-electron chi connectivity index (χ4n) is 3.75. The van der Waals surface area contributed by atoms with Gasteiger partial charge in [-0.2, -0.15) is 0 Å². The summed E-state index contributed by atoms with van der Waals surface area (Å²) in [6.07, 6.45) is 0. The highest BCUT2D eigenvalue weighted by molar-refractivity contribution is 6.51. The molecule has 31 heavy (non-hydrogen) atoms. The summed E-state index contributed by atoms with van der Waals surface area (Å²) in [5, 5.41) is 11.1. The van der Waals surface area contributed by atoms with Crippen LogP contribution in [0.2, 0.25) is 0 Å². The van der Waals surface area contributed by atoms with Crippen molar-refractivity contribution in [2.45, 2.75) is 13.0 Å². The minimum atomic E-state index is -0.923. The Morgan fingerprint density at radius 2 is 1.61 bits per heavy atom. The van der Waals surface area contributed by atoms with Crippen molar-refractivity contribution in [2.24, 2.45) is 0 Å². The van der Waals surface area contributed by atoms with Crippen molar-refractivity contribution in [1.29, 1.82) is 0 Å². The Hall–Kier alpha value is -3.93. The van der Waals surface area contributed by atoms with Gasteiger partial charge in [0.2, 0.25) is 0 Å². The molecule has 1 N–H and O–H groups in total. The number of anilines is 1. The number of rotatable bonds is 4. The molecule has 1 atom stereocenters. The molecule has 3 aromatic carbocycles. The van der Waals surface area contributed by atoms with Crippen LogP contribution in [-0.4, -0.2) is 23.9 Å². The molecule has 1 aliphatic rings. The van der Waals surface area contributed by atoms with Crippen LogP contribution in [0.15, 0.2) is 78.4 Å². The van der Waals surface area contributed by atoms with E-state index >= 15 is 0 Å². The summed E-state index contributed by atoms with van der Waals surface area (Å²) in [5.41, 5.74) is 2.20. The summed E-state index contributed by atoms with van der Waals surface area (Å²) < 4.78 is 18.9. The third kappa shape index (κ3) is 3.57. The molecule has 156 valence electrons. The van der Waals surface area contributed by atoms with Crippen molar-refractivity contribution in [3.8, 4) is 5.75 Å². The highest BCUT2D eigenvalue weighted by Gasteiger charge is 2.47. The number of carbonyl (C=O) groups excluding carboxylic acids is 2. The van der Waals surface area contributed by atoms with E-state index in [-0.39, 0.29) is 11.3 Å². The number of aliphatic hydroxyl groups excluding tert-OH is 1. The van der Waals surface area contributed by atoms with Crippen molar-refractivity contribution in [3.05, 3.63) is 101 Å². The zero-order valence-corrected chi connectivity index (χ0v) is 17.0. The molecule has 1 unspecified atom stereocenters. The summed E-state index contributed by atoms with van der Waals surface area (Å²) in [7, 11) is 1.45. The van der Waals surface area contributed by atoms with Crippen molar-refractivity contribution in [3.63, 3.8) is 0 Å². The van der Waals surface area contributed by atoms with Gasteiger partial charge in [-0.15, -0.1) is 0 Å². The Morgan fingerprint density at radius 3 is 2.26 bits per heavy atom. The number of hydrogen-bond donors (Lipinski definition) is 1. The summed E-state index contributed by atoms with van der Waals surface area (Å²) in [5.74, 6) is -2.02. The van der Waals surface area contributed by atoms with E-state index in [0.717, 1.165) is 5.56 Å². The Kier molecular flexibility index (Phi) is 5.29. The second-order valence-electron chi connectivity index (χ2n) is 7.26. The van der Waals surface area contributed by atoms with Gasteiger partial charge in [0.05, 0.1) is 24.3 Å². The Labute approximate surface area is 179 Å². The Balaban J connectivity index is 1.96. The predicted molar refractivity (Wildman–Crippen MR) is 115 cm³/mol. The van der Waals surface area contributed by atoms with Crippen LogP contribution >= 0.6 is 0 Å². The molecule has 0 radical (unpaired) electrons. The van der Waals surface area contributed by atoms with Gasteiger partial charge in [-0.1, -0.05) is 42.0 Å². The van der Waals surface area contributed by atoms with Crippen LogP contribution in [-0.2, 0) is 9.59 Å². The van der Waals surface area contributed by atoms with Crippen LogP contribution in [0.3, 0.4) is 0 Å². The highest BCUT2D eigenvalue weighted by atomic mass is 19.1. The van der Waals surface area contributed by atoms with E-state index in [0.29, 0.717) is 22.6 Å². The molecule has 1 heterocycles. The molecule has 0 aliphatic carbocycles. The van der Waals surface area contributed by atoms with Gasteiger partial charge in [0.15, 0.2) is 0 Å². The molecular weight excluding hydrogens is 397 g/mol. The van der Waals surface area contributed by atoms with Gasteiger partial charge in [-0.3, -0.25) is 14.5 Å². The van der Waals surface area contributed by atoms with E-state index in [9.17, 15) is 19.1 Å². The third-order valence-electron chi connectivity index (χ3n) is 5.30. The maximum Gasteiger partial charge on any atom is 0.300 e. The second-order valence-corrected chi connectivity index (χ2v) is 7.26. The topological polar surface area (TPSA) is 66.8 Å². The highest BCUT2D eigenvalue weighted by Crippen LogP contribution is 2.43. The number of nitrogens with zero attached hydrogens (tertiary/aromatic N) is 1. The molecule has 0 aromatic heterocycles. The smallest absolute Gasteiger partial charge is 0.300 e. The summed E-state index contributed by atoms with van der Waals surface area (Å²) >= 11 is 0. The third-order valence-corrected chi connectivity index (χ3v) is 5.30. The van der Waals surface area contributed by atoms with Crippen LogP contribution in [0.1, 0.15) is 22.7 Å². The summed E-state index contributed by atoms with van der Waals surface area (Å²) in [6, 6.07) is 18.4. The molecule has 0 bridgehead atoms. The number of carbonyl (C=O) groups is 2. The zero-order valence-electron chi connectivity index (χ0n) is 17.0. The molecule has 0 saturated carbocycles. The van der Waals surface area contributed by atoms with Crippen molar-refractivity contribution in [2.75, 3.05) is 12.0 Å². The number of hydrogen-bond acceptors (Lipinski definition) is 4. The van der Waals surface area contributed by atoms with Crippen LogP contribution in [0, 0.1) is 12.7 Å². The lowest BCUT2D eigenvalue weighted by Gasteiger charge is -2.25. The number of aliphatic hydroxyl groups is 1. The molecule has 1 saturated heterocycles. The first kappa shape index (κ1) is 20.3. The average molecular weight is 417 g/mol. The van der Waals surface area contributed by atoms with Gasteiger partial charge in [0.1, 0.15) is 17.3 Å². The number of methoxy groups -OCH3 is 1. The van der Waals surface area contributed by atoms with E-state index < -0.39 is 23.5 Å². The van der Waals surface area contributed by atoms with E-state index in [1.807, 2.05) is 19.1 Å². The number of ether oxygens (including phenoxy) is 1. The number of halogens is 1. The lowest BCUT2D eigenvalue weighted by atomic mass is 9.94. The number of para-hydroxylation sites is 1. The maximum atomic E-state index is 13.6. The first-order valence-corrected chi connectivity index (χ1v) is 9.69. The van der Waals surface area contributed by atoms with E-state index in [1.54, 1.807) is 36.4 Å². The molecule has 1 aliphatic heterocycles. The summed E-state index contributed by atoms with van der Waals surface area (Å²) in [6.45, 7) is 1.91. The van der Waals surface area contributed by atoms with Gasteiger partial charge in [0, 0.05) is 5.69 Å². The Morgan fingerprint density at radius 1 is 0.968 bits per heavy atom. The monoisotopic (exact) mass is 417 g/mol. The normalized spacial score (nSPS) is 17.8. The fourth-order valence-corrected chi connectivity index (χ4v) is 3.75. The Bertz CT molecular complexity index is 1180. The molecule has 3 aromatic rings. The first-order valence-electron chi connectivity index (χ1n) is 9.69. The zero-order chi connectivity index (χ0) is 22.1. The van der Waals surface area contributed by atoms with Gasteiger partial charge in [0.25, 0.3) is 11.7 Å². The van der Waals surface area contributed by atoms with Gasteiger partial charge in [-0.25, -0.2) is 4.39 Å². The van der Waals surface area contributed by atoms with Crippen molar-refractivity contribution in [1.82, 2.24) is 0 Å². The maximum absolute atomic E-state index is 13.6. The van der Waals surface area contributed by atoms with Crippen molar-refractivity contribution >= 4 is 23.1 Å². The van der Waals surface area contributed by atoms with E-state index in [1.165, 1.54) is 36.3 Å². The lowest BCUT2D eigenvalue weighted by Crippen LogP contribution is -2.29. The van der Waals surface area contributed by atoms with Gasteiger partial charge >= 0.3 is 0 Å². The molecule has 0 spiro atoms. The number of aryl methyl sites for hydroxylation is 1. The molecule has 1 amide bonds. The lowest BCUT2D eigenvalue weighted by molar-refractivity contribution is -0.132. The quantitative estimate of drug-likeness (QED) is 0.377. The minimum absolute atomic E-state index is 0.0818. The standard InChI is InChI=1S/C25H20FNO4/c1-15-7-13-18(14-8-15)27-22(16-9-11-17(26)12-10-16)21(24(29)25(27)30)23(28)19-5-3-4-6-20(19)31-2/h3-14,22,28H,1-2H3/b23-21-. The van der Waals surface area contributed by atoms with Crippen LogP contribution in [0.5, 0.6) is 5.75 Å². The molecule has 5 nitrogen and oxygen atoms in total. The summed E-state index contributed by atoms with van der Waals surface area (Å²) in [4.78, 5) is 27.5. The number of ketones is 1. The molecule has 4 rings (SSSR count). The number of benzene rings is 3. The minimum Gasteiger partial charge on any atom is -0.507 e.